The van der Waals surface area contributed by atoms with Crippen LogP contribution in [0.4, 0.5) is 0 Å². The minimum atomic E-state index is 0. The van der Waals surface area contributed by atoms with Gasteiger partial charge in [-0.3, -0.25) is 4.99 Å². The topological polar surface area (TPSA) is 46.1 Å². The molecule has 0 bridgehead atoms. The molecule has 152 valence electrons. The molecule has 0 unspecified atom stereocenters. The summed E-state index contributed by atoms with van der Waals surface area (Å²) in [5.74, 6) is 1.02. The number of hydrogen-bond acceptors (Lipinski definition) is 3. The normalized spacial score (nSPS) is 14.7. The number of unbranched alkanes of at least 4 members (excludes halogenated alkanes) is 1. The number of likely N-dealkylation sites (tertiary alicyclic amines) is 1. The van der Waals surface area contributed by atoms with Crippen LogP contribution < -0.4 is 5.32 Å². The van der Waals surface area contributed by atoms with E-state index in [1.54, 1.807) is 7.11 Å². The number of benzene rings is 1. The molecule has 2 rings (SSSR count). The molecule has 1 N–H and O–H groups in total. The lowest BCUT2D eigenvalue weighted by Gasteiger charge is -2.31. The fourth-order valence-corrected chi connectivity index (χ4v) is 3.04. The van der Waals surface area contributed by atoms with Crippen LogP contribution in [0.15, 0.2) is 40.9 Å². The van der Waals surface area contributed by atoms with E-state index in [0.717, 1.165) is 57.9 Å². The van der Waals surface area contributed by atoms with Gasteiger partial charge in [0.25, 0.3) is 0 Å². The number of methoxy groups -OCH3 is 1. The Hall–Kier alpha value is -1.12. The fraction of sp³-hybridized carbons (Fsp3) is 0.571. The van der Waals surface area contributed by atoms with E-state index in [1.165, 1.54) is 11.1 Å². The quantitative estimate of drug-likeness (QED) is 0.249. The maximum absolute atomic E-state index is 5.48. The lowest BCUT2D eigenvalue weighted by Crippen LogP contribution is -2.44. The fourth-order valence-electron chi connectivity index (χ4n) is 3.04. The van der Waals surface area contributed by atoms with Crippen LogP contribution in [0.3, 0.4) is 0 Å². The monoisotopic (exact) mass is 487 g/mol. The van der Waals surface area contributed by atoms with Gasteiger partial charge in [0.15, 0.2) is 5.96 Å². The third kappa shape index (κ3) is 9.58. The van der Waals surface area contributed by atoms with Crippen molar-refractivity contribution in [1.82, 2.24) is 10.2 Å². The zero-order valence-electron chi connectivity index (χ0n) is 16.7. The second-order valence-corrected chi connectivity index (χ2v) is 6.49. The second-order valence-electron chi connectivity index (χ2n) is 6.49. The molecule has 1 aromatic carbocycles. The van der Waals surface area contributed by atoms with E-state index in [1.807, 2.05) is 7.05 Å². The molecule has 5 nitrogen and oxygen atoms in total. The highest BCUT2D eigenvalue weighted by atomic mass is 127. The average Bonchev–Trinajstić information content (AvgIpc) is 2.69. The second kappa shape index (κ2) is 14.9. The molecule has 0 aromatic heterocycles. The van der Waals surface area contributed by atoms with Crippen LogP contribution in [-0.2, 0) is 9.47 Å². The smallest absolute Gasteiger partial charge is 0.193 e. The summed E-state index contributed by atoms with van der Waals surface area (Å²) in [6.07, 6.45) is 6.67. The number of nitrogens with zero attached hydrogens (tertiary/aromatic N) is 2. The average molecular weight is 487 g/mol. The Kier molecular flexibility index (Phi) is 13.2. The summed E-state index contributed by atoms with van der Waals surface area (Å²) in [5.41, 5.74) is 2.82. The van der Waals surface area contributed by atoms with Gasteiger partial charge in [0.1, 0.15) is 0 Å². The van der Waals surface area contributed by atoms with Crippen LogP contribution in [0.1, 0.15) is 31.2 Å². The lowest BCUT2D eigenvalue weighted by atomic mass is 10.0. The molecule has 1 aliphatic rings. The van der Waals surface area contributed by atoms with E-state index in [2.05, 4.69) is 51.6 Å². The Morgan fingerprint density at radius 1 is 1.11 bits per heavy atom. The number of ether oxygens (including phenoxy) is 2. The summed E-state index contributed by atoms with van der Waals surface area (Å²) in [6.45, 7) is 5.13. The number of aliphatic imine (C=N–C) groups is 1. The maximum atomic E-state index is 5.48. The molecule has 1 aromatic rings. The van der Waals surface area contributed by atoms with Crippen LogP contribution in [0.25, 0.3) is 6.08 Å². The standard InChI is InChI=1S/C21H33N3O2.HI/c1-22-21(23-12-6-7-15-26-17-16-25-2)24-13-10-20(11-14-24)18-19-8-4-3-5-9-19;/h3-5,8-9,18H,6-7,10-17H2,1-2H3,(H,22,23);1H. The van der Waals surface area contributed by atoms with Crippen molar-refractivity contribution in [2.75, 3.05) is 53.6 Å². The van der Waals surface area contributed by atoms with Crippen LogP contribution in [0.5, 0.6) is 0 Å². The number of hydrogen-bond donors (Lipinski definition) is 1. The van der Waals surface area contributed by atoms with Crippen molar-refractivity contribution in [2.45, 2.75) is 25.7 Å². The molecule has 0 radical (unpaired) electrons. The highest BCUT2D eigenvalue weighted by Gasteiger charge is 2.16. The first-order chi connectivity index (χ1) is 12.8. The number of rotatable bonds is 9. The Bertz CT molecular complexity index is 554. The van der Waals surface area contributed by atoms with Gasteiger partial charge in [-0.15, -0.1) is 24.0 Å². The van der Waals surface area contributed by atoms with Gasteiger partial charge in [-0.2, -0.15) is 0 Å². The molecule has 0 atom stereocenters. The van der Waals surface area contributed by atoms with Crippen molar-refractivity contribution >= 4 is 36.0 Å². The van der Waals surface area contributed by atoms with Gasteiger partial charge >= 0.3 is 0 Å². The van der Waals surface area contributed by atoms with Crippen LogP contribution >= 0.6 is 24.0 Å². The van der Waals surface area contributed by atoms with Crippen molar-refractivity contribution in [3.8, 4) is 0 Å². The van der Waals surface area contributed by atoms with Gasteiger partial charge in [-0.05, 0) is 31.2 Å². The Labute approximate surface area is 181 Å². The van der Waals surface area contributed by atoms with E-state index in [0.29, 0.717) is 13.2 Å². The predicted octanol–water partition coefficient (Wildman–Crippen LogP) is 3.80. The third-order valence-electron chi connectivity index (χ3n) is 4.52. The molecule has 0 amide bonds. The lowest BCUT2D eigenvalue weighted by molar-refractivity contribution is 0.0689. The van der Waals surface area contributed by atoms with E-state index in [-0.39, 0.29) is 24.0 Å². The first kappa shape index (κ1) is 23.9. The Morgan fingerprint density at radius 3 is 2.52 bits per heavy atom. The van der Waals surface area contributed by atoms with E-state index in [4.69, 9.17) is 9.47 Å². The molecule has 27 heavy (non-hydrogen) atoms. The van der Waals surface area contributed by atoms with Gasteiger partial charge in [-0.25, -0.2) is 0 Å². The van der Waals surface area contributed by atoms with Crippen molar-refractivity contribution in [1.29, 1.82) is 0 Å². The highest BCUT2D eigenvalue weighted by Crippen LogP contribution is 2.19. The van der Waals surface area contributed by atoms with Gasteiger partial charge in [0, 0.05) is 40.4 Å². The number of halogens is 1. The largest absolute Gasteiger partial charge is 0.382 e. The Balaban J connectivity index is 0.00000364. The minimum Gasteiger partial charge on any atom is -0.382 e. The van der Waals surface area contributed by atoms with Crippen molar-refractivity contribution in [3.63, 3.8) is 0 Å². The van der Waals surface area contributed by atoms with Crippen LogP contribution in [0.2, 0.25) is 0 Å². The highest BCUT2D eigenvalue weighted by molar-refractivity contribution is 14.0. The molecular formula is C21H34IN3O2. The minimum absolute atomic E-state index is 0. The van der Waals surface area contributed by atoms with Gasteiger partial charge < -0.3 is 19.7 Å². The molecule has 6 heteroatoms. The summed E-state index contributed by atoms with van der Waals surface area (Å²) in [6, 6.07) is 10.6. The van der Waals surface area contributed by atoms with Crippen LogP contribution in [-0.4, -0.2) is 64.5 Å². The van der Waals surface area contributed by atoms with E-state index >= 15 is 0 Å². The summed E-state index contributed by atoms with van der Waals surface area (Å²) >= 11 is 0. The number of guanidine groups is 1. The van der Waals surface area contributed by atoms with E-state index < -0.39 is 0 Å². The van der Waals surface area contributed by atoms with E-state index in [9.17, 15) is 0 Å². The molecule has 0 aliphatic carbocycles. The summed E-state index contributed by atoms with van der Waals surface area (Å²) in [7, 11) is 3.56. The van der Waals surface area contributed by atoms with Gasteiger partial charge in [0.2, 0.25) is 0 Å². The first-order valence-corrected chi connectivity index (χ1v) is 9.60. The summed E-state index contributed by atoms with van der Waals surface area (Å²) in [5, 5.41) is 3.48. The molecule has 1 heterocycles. The van der Waals surface area contributed by atoms with Crippen molar-refractivity contribution in [3.05, 3.63) is 41.5 Å². The van der Waals surface area contributed by atoms with Crippen molar-refractivity contribution in [2.24, 2.45) is 4.99 Å². The summed E-state index contributed by atoms with van der Waals surface area (Å²) < 4.78 is 10.4. The molecule has 0 spiro atoms. The molecule has 1 fully saturated rings. The predicted molar refractivity (Wildman–Crippen MR) is 124 cm³/mol. The number of nitrogens with one attached hydrogen (secondary N) is 1. The number of piperidine rings is 1. The Morgan fingerprint density at radius 2 is 1.85 bits per heavy atom. The summed E-state index contributed by atoms with van der Waals surface area (Å²) in [4.78, 5) is 6.80. The third-order valence-corrected chi connectivity index (χ3v) is 4.52. The zero-order chi connectivity index (χ0) is 18.5. The molecular weight excluding hydrogens is 453 g/mol. The molecule has 1 aliphatic heterocycles. The van der Waals surface area contributed by atoms with Crippen LogP contribution in [0, 0.1) is 0 Å². The maximum Gasteiger partial charge on any atom is 0.193 e. The van der Waals surface area contributed by atoms with Gasteiger partial charge in [-0.1, -0.05) is 42.0 Å². The SMILES string of the molecule is CN=C(NCCCCOCCOC)N1CCC(=Cc2ccccc2)CC1.I. The first-order valence-electron chi connectivity index (χ1n) is 9.60. The van der Waals surface area contributed by atoms with Gasteiger partial charge in [0.05, 0.1) is 13.2 Å². The van der Waals surface area contributed by atoms with Crippen molar-refractivity contribution < 1.29 is 9.47 Å². The zero-order valence-corrected chi connectivity index (χ0v) is 19.0. The molecule has 0 saturated carbocycles. The molecule has 1 saturated heterocycles.